The van der Waals surface area contributed by atoms with Crippen LogP contribution in [-0.2, 0) is 21.1 Å². The van der Waals surface area contributed by atoms with Crippen molar-refractivity contribution in [1.82, 2.24) is 5.32 Å². The summed E-state index contributed by atoms with van der Waals surface area (Å²) in [6.07, 6.45) is 2.13. The summed E-state index contributed by atoms with van der Waals surface area (Å²) < 4.78 is 23.0. The molecular formula is C18H20ClNO3S. The summed E-state index contributed by atoms with van der Waals surface area (Å²) in [7, 11) is -3.22. The topological polar surface area (TPSA) is 63.2 Å². The highest BCUT2D eigenvalue weighted by atomic mass is 35.5. The third-order valence-electron chi connectivity index (χ3n) is 3.71. The lowest BCUT2D eigenvalue weighted by Gasteiger charge is -2.18. The highest BCUT2D eigenvalue weighted by Gasteiger charge is 2.14. The van der Waals surface area contributed by atoms with Crippen molar-refractivity contribution in [2.45, 2.75) is 30.7 Å². The Labute approximate surface area is 147 Å². The van der Waals surface area contributed by atoms with Crippen molar-refractivity contribution in [2.24, 2.45) is 0 Å². The molecule has 2 aromatic carbocycles. The second-order valence-corrected chi connectivity index (χ2v) is 8.13. The first kappa shape index (κ1) is 18.5. The minimum absolute atomic E-state index is 0.101. The van der Waals surface area contributed by atoms with Crippen molar-refractivity contribution >= 4 is 27.3 Å². The van der Waals surface area contributed by atoms with Gasteiger partial charge in [0.05, 0.1) is 17.4 Å². The third-order valence-corrected chi connectivity index (χ3v) is 5.07. The SMILES string of the molecule is CCC(NC(=O)Cc1cccc(Cl)c1)c1ccc(S(C)(=O)=O)cc1. The number of hydrogen-bond acceptors (Lipinski definition) is 3. The van der Waals surface area contributed by atoms with Crippen molar-refractivity contribution in [3.63, 3.8) is 0 Å². The zero-order chi connectivity index (χ0) is 17.7. The normalized spacial score (nSPS) is 12.6. The molecule has 0 heterocycles. The quantitative estimate of drug-likeness (QED) is 0.851. The van der Waals surface area contributed by atoms with Crippen LogP contribution < -0.4 is 5.32 Å². The van der Waals surface area contributed by atoms with Gasteiger partial charge in [0, 0.05) is 11.3 Å². The van der Waals surface area contributed by atoms with Gasteiger partial charge in [-0.05, 0) is 41.8 Å². The van der Waals surface area contributed by atoms with E-state index in [1.807, 2.05) is 19.1 Å². The number of hydrogen-bond donors (Lipinski definition) is 1. The Kier molecular flexibility index (Phi) is 6.02. The van der Waals surface area contributed by atoms with E-state index >= 15 is 0 Å². The van der Waals surface area contributed by atoms with Gasteiger partial charge in [-0.1, -0.05) is 42.8 Å². The largest absolute Gasteiger partial charge is 0.349 e. The number of benzene rings is 2. The van der Waals surface area contributed by atoms with Crippen LogP contribution in [0.25, 0.3) is 0 Å². The van der Waals surface area contributed by atoms with Crippen LogP contribution in [-0.4, -0.2) is 20.6 Å². The number of nitrogens with one attached hydrogen (secondary N) is 1. The van der Waals surface area contributed by atoms with Gasteiger partial charge in [0.1, 0.15) is 0 Å². The third kappa shape index (κ3) is 5.08. The molecule has 2 aromatic rings. The fourth-order valence-electron chi connectivity index (χ4n) is 2.45. The van der Waals surface area contributed by atoms with Crippen LogP contribution in [0.5, 0.6) is 0 Å². The molecule has 0 saturated carbocycles. The van der Waals surface area contributed by atoms with Gasteiger partial charge < -0.3 is 5.32 Å². The molecule has 0 saturated heterocycles. The van der Waals surface area contributed by atoms with Crippen molar-refractivity contribution in [2.75, 3.05) is 6.26 Å². The summed E-state index contributed by atoms with van der Waals surface area (Å²) in [5.74, 6) is -0.101. The number of sulfone groups is 1. The Morgan fingerprint density at radius 1 is 1.17 bits per heavy atom. The minimum atomic E-state index is -3.22. The highest BCUT2D eigenvalue weighted by Crippen LogP contribution is 2.19. The van der Waals surface area contributed by atoms with Crippen LogP contribution in [0.1, 0.15) is 30.5 Å². The molecule has 0 aliphatic carbocycles. The molecule has 6 heteroatoms. The van der Waals surface area contributed by atoms with E-state index in [1.165, 1.54) is 6.26 Å². The number of carbonyl (C=O) groups excluding carboxylic acids is 1. The lowest BCUT2D eigenvalue weighted by molar-refractivity contribution is -0.121. The Hall–Kier alpha value is -1.85. The minimum Gasteiger partial charge on any atom is -0.349 e. The Morgan fingerprint density at radius 3 is 2.38 bits per heavy atom. The predicted molar refractivity (Wildman–Crippen MR) is 95.9 cm³/mol. The van der Waals surface area contributed by atoms with E-state index < -0.39 is 9.84 Å². The maximum absolute atomic E-state index is 12.2. The molecule has 0 aliphatic rings. The average Bonchev–Trinajstić information content (AvgIpc) is 2.52. The van der Waals surface area contributed by atoms with Gasteiger partial charge in [0.2, 0.25) is 5.91 Å². The lowest BCUT2D eigenvalue weighted by Crippen LogP contribution is -2.29. The Morgan fingerprint density at radius 2 is 1.83 bits per heavy atom. The van der Waals surface area contributed by atoms with Crippen molar-refractivity contribution in [1.29, 1.82) is 0 Å². The molecule has 4 nitrogen and oxygen atoms in total. The van der Waals surface area contributed by atoms with Gasteiger partial charge in [-0.2, -0.15) is 0 Å². The summed E-state index contributed by atoms with van der Waals surface area (Å²) in [4.78, 5) is 12.5. The first-order valence-corrected chi connectivity index (χ1v) is 9.90. The number of amides is 1. The maximum atomic E-state index is 12.2. The fourth-order valence-corrected chi connectivity index (χ4v) is 3.29. The molecule has 2 rings (SSSR count). The van der Waals surface area contributed by atoms with Gasteiger partial charge >= 0.3 is 0 Å². The monoisotopic (exact) mass is 365 g/mol. The molecule has 1 amide bonds. The molecule has 0 radical (unpaired) electrons. The number of rotatable bonds is 6. The van der Waals surface area contributed by atoms with Crippen LogP contribution in [0.2, 0.25) is 5.02 Å². The van der Waals surface area contributed by atoms with Crippen LogP contribution in [0.4, 0.5) is 0 Å². The molecule has 0 spiro atoms. The lowest BCUT2D eigenvalue weighted by atomic mass is 10.0. The number of carbonyl (C=O) groups is 1. The van der Waals surface area contributed by atoms with E-state index in [-0.39, 0.29) is 23.3 Å². The molecule has 128 valence electrons. The van der Waals surface area contributed by atoms with E-state index in [2.05, 4.69) is 5.32 Å². The van der Waals surface area contributed by atoms with E-state index in [4.69, 9.17) is 11.6 Å². The van der Waals surface area contributed by atoms with E-state index in [0.717, 1.165) is 11.1 Å². The molecule has 1 N–H and O–H groups in total. The van der Waals surface area contributed by atoms with Gasteiger partial charge in [-0.15, -0.1) is 0 Å². The Bertz CT molecular complexity index is 816. The van der Waals surface area contributed by atoms with Gasteiger partial charge in [-0.25, -0.2) is 8.42 Å². The molecular weight excluding hydrogens is 346 g/mol. The molecule has 0 bridgehead atoms. The molecule has 0 aromatic heterocycles. The molecule has 1 unspecified atom stereocenters. The highest BCUT2D eigenvalue weighted by molar-refractivity contribution is 7.90. The van der Waals surface area contributed by atoms with Crippen molar-refractivity contribution in [3.8, 4) is 0 Å². The molecule has 24 heavy (non-hydrogen) atoms. The van der Waals surface area contributed by atoms with Gasteiger partial charge in [0.25, 0.3) is 0 Å². The van der Waals surface area contributed by atoms with Crippen LogP contribution >= 0.6 is 11.6 Å². The van der Waals surface area contributed by atoms with E-state index in [9.17, 15) is 13.2 Å². The van der Waals surface area contributed by atoms with Gasteiger partial charge in [-0.3, -0.25) is 4.79 Å². The van der Waals surface area contributed by atoms with Crippen molar-refractivity contribution < 1.29 is 13.2 Å². The molecule has 1 atom stereocenters. The van der Waals surface area contributed by atoms with Gasteiger partial charge in [0.15, 0.2) is 9.84 Å². The summed E-state index contributed by atoms with van der Waals surface area (Å²) in [5.41, 5.74) is 1.73. The van der Waals surface area contributed by atoms with Crippen LogP contribution in [0.3, 0.4) is 0 Å². The average molecular weight is 366 g/mol. The summed E-state index contributed by atoms with van der Waals surface area (Å²) in [5, 5.41) is 3.58. The van der Waals surface area contributed by atoms with E-state index in [0.29, 0.717) is 11.4 Å². The second kappa shape index (κ2) is 7.81. The van der Waals surface area contributed by atoms with Crippen LogP contribution in [0.15, 0.2) is 53.4 Å². The maximum Gasteiger partial charge on any atom is 0.224 e. The molecule has 0 aliphatic heterocycles. The predicted octanol–water partition coefficient (Wildman–Crippen LogP) is 3.55. The zero-order valence-electron chi connectivity index (χ0n) is 13.6. The van der Waals surface area contributed by atoms with Crippen molar-refractivity contribution in [3.05, 3.63) is 64.7 Å². The fraction of sp³-hybridized carbons (Fsp3) is 0.278. The Balaban J connectivity index is 2.07. The standard InChI is InChI=1S/C18H20ClNO3S/c1-3-17(14-7-9-16(10-8-14)24(2,22)23)20-18(21)12-13-5-4-6-15(19)11-13/h4-11,17H,3,12H2,1-2H3,(H,20,21). The first-order chi connectivity index (χ1) is 11.3. The summed E-state index contributed by atoms with van der Waals surface area (Å²) in [6, 6.07) is 13.6. The zero-order valence-corrected chi connectivity index (χ0v) is 15.2. The first-order valence-electron chi connectivity index (χ1n) is 7.63. The smallest absolute Gasteiger partial charge is 0.224 e. The summed E-state index contributed by atoms with van der Waals surface area (Å²) >= 11 is 5.93. The second-order valence-electron chi connectivity index (χ2n) is 5.68. The van der Waals surface area contributed by atoms with E-state index in [1.54, 1.807) is 36.4 Å². The molecule has 0 fully saturated rings. The summed E-state index contributed by atoms with van der Waals surface area (Å²) in [6.45, 7) is 1.97. The number of halogens is 1. The van der Waals surface area contributed by atoms with Crippen LogP contribution in [0, 0.1) is 0 Å².